The summed E-state index contributed by atoms with van der Waals surface area (Å²) in [5.41, 5.74) is 2.58. The summed E-state index contributed by atoms with van der Waals surface area (Å²) < 4.78 is 5.45. The fraction of sp³-hybridized carbons (Fsp3) is 0.625. The van der Waals surface area contributed by atoms with Crippen LogP contribution in [-0.2, 0) is 4.74 Å². The summed E-state index contributed by atoms with van der Waals surface area (Å²) in [5, 5.41) is 3.74. The summed E-state index contributed by atoms with van der Waals surface area (Å²) in [6.45, 7) is 7.06. The van der Waals surface area contributed by atoms with Crippen LogP contribution in [-0.4, -0.2) is 56.9 Å². The molecular weight excluding hydrogens is 250 g/mol. The maximum absolute atomic E-state index is 5.45. The second-order valence-corrected chi connectivity index (χ2v) is 5.98. The van der Waals surface area contributed by atoms with E-state index in [1.807, 2.05) is 0 Å². The van der Waals surface area contributed by atoms with E-state index >= 15 is 0 Å². The predicted octanol–water partition coefficient (Wildman–Crippen LogP) is 2.03. The number of hydrogen-bond donors (Lipinski definition) is 1. The first-order valence-electron chi connectivity index (χ1n) is 7.62. The van der Waals surface area contributed by atoms with Gasteiger partial charge in [-0.25, -0.2) is 0 Å². The van der Waals surface area contributed by atoms with Crippen LogP contribution < -0.4 is 10.2 Å². The van der Waals surface area contributed by atoms with Gasteiger partial charge in [0.05, 0.1) is 24.6 Å². The quantitative estimate of drug-likeness (QED) is 0.913. The minimum absolute atomic E-state index is 0.553. The Labute approximate surface area is 121 Å². The van der Waals surface area contributed by atoms with Gasteiger partial charge in [0.2, 0.25) is 0 Å². The number of likely N-dealkylation sites (tertiary alicyclic amines) is 1. The highest BCUT2D eigenvalue weighted by Crippen LogP contribution is 2.29. The summed E-state index contributed by atoms with van der Waals surface area (Å²) in [5.74, 6) is 0. The van der Waals surface area contributed by atoms with Crippen molar-refractivity contribution in [2.75, 3.05) is 50.1 Å². The number of anilines is 2. The number of ether oxygens (including phenoxy) is 1. The number of likely N-dealkylation sites (N-methyl/N-ethyl adjacent to an activating group) is 1. The van der Waals surface area contributed by atoms with E-state index < -0.39 is 0 Å². The average molecular weight is 275 g/mol. The molecule has 110 valence electrons. The smallest absolute Gasteiger partial charge is 0.0642 e. The molecule has 2 atom stereocenters. The SMILES string of the molecule is CC1CC(Nc2ccccc2N2CCOCC2)CN1C. The molecule has 0 saturated carbocycles. The van der Waals surface area contributed by atoms with Crippen molar-refractivity contribution in [1.82, 2.24) is 4.90 Å². The van der Waals surface area contributed by atoms with Crippen molar-refractivity contribution in [2.45, 2.75) is 25.4 Å². The Morgan fingerprint density at radius 2 is 1.95 bits per heavy atom. The first-order chi connectivity index (χ1) is 9.74. The average Bonchev–Trinajstić information content (AvgIpc) is 2.79. The van der Waals surface area contributed by atoms with E-state index in [9.17, 15) is 0 Å². The molecule has 2 aliphatic rings. The zero-order valence-corrected chi connectivity index (χ0v) is 12.5. The maximum atomic E-state index is 5.45. The van der Waals surface area contributed by atoms with E-state index in [4.69, 9.17) is 4.74 Å². The van der Waals surface area contributed by atoms with Gasteiger partial charge in [-0.05, 0) is 32.5 Å². The fourth-order valence-electron chi connectivity index (χ4n) is 3.19. The van der Waals surface area contributed by atoms with Crippen molar-refractivity contribution in [3.05, 3.63) is 24.3 Å². The van der Waals surface area contributed by atoms with Gasteiger partial charge in [0.1, 0.15) is 0 Å². The predicted molar refractivity (Wildman–Crippen MR) is 83.6 cm³/mol. The van der Waals surface area contributed by atoms with Crippen LogP contribution in [0.15, 0.2) is 24.3 Å². The standard InChI is InChI=1S/C16H25N3O/c1-13-11-14(12-18(13)2)17-15-5-3-4-6-16(15)19-7-9-20-10-8-19/h3-6,13-14,17H,7-12H2,1-2H3. The van der Waals surface area contributed by atoms with Gasteiger partial charge in [0.15, 0.2) is 0 Å². The molecule has 2 aliphatic heterocycles. The second-order valence-electron chi connectivity index (χ2n) is 5.98. The highest BCUT2D eigenvalue weighted by atomic mass is 16.5. The van der Waals surface area contributed by atoms with Crippen molar-refractivity contribution in [1.29, 1.82) is 0 Å². The molecule has 0 aromatic heterocycles. The zero-order valence-electron chi connectivity index (χ0n) is 12.5. The lowest BCUT2D eigenvalue weighted by Gasteiger charge is -2.31. The first kappa shape index (κ1) is 13.7. The molecule has 1 aromatic carbocycles. The molecular formula is C16H25N3O. The van der Waals surface area contributed by atoms with Crippen LogP contribution in [0.5, 0.6) is 0 Å². The van der Waals surface area contributed by atoms with Crippen LogP contribution in [0.1, 0.15) is 13.3 Å². The van der Waals surface area contributed by atoms with Crippen LogP contribution in [0.4, 0.5) is 11.4 Å². The van der Waals surface area contributed by atoms with E-state index in [1.54, 1.807) is 0 Å². The highest BCUT2D eigenvalue weighted by molar-refractivity contribution is 5.70. The Morgan fingerprint density at radius 1 is 1.20 bits per heavy atom. The van der Waals surface area contributed by atoms with Crippen LogP contribution in [0, 0.1) is 0 Å². The molecule has 3 rings (SSSR count). The van der Waals surface area contributed by atoms with E-state index in [0.717, 1.165) is 32.8 Å². The molecule has 0 radical (unpaired) electrons. The van der Waals surface area contributed by atoms with Crippen molar-refractivity contribution in [2.24, 2.45) is 0 Å². The number of nitrogens with zero attached hydrogens (tertiary/aromatic N) is 2. The Kier molecular flexibility index (Phi) is 4.13. The third-order valence-electron chi connectivity index (χ3n) is 4.50. The number of rotatable bonds is 3. The molecule has 2 saturated heterocycles. The summed E-state index contributed by atoms with van der Waals surface area (Å²) in [4.78, 5) is 4.85. The molecule has 4 heteroatoms. The first-order valence-corrected chi connectivity index (χ1v) is 7.62. The monoisotopic (exact) mass is 275 g/mol. The van der Waals surface area contributed by atoms with Gasteiger partial charge in [-0.1, -0.05) is 12.1 Å². The molecule has 0 aliphatic carbocycles. The molecule has 0 spiro atoms. The Hall–Kier alpha value is -1.26. The molecule has 2 fully saturated rings. The van der Waals surface area contributed by atoms with Gasteiger partial charge in [-0.2, -0.15) is 0 Å². The van der Waals surface area contributed by atoms with E-state index in [0.29, 0.717) is 12.1 Å². The van der Waals surface area contributed by atoms with Crippen LogP contribution >= 0.6 is 0 Å². The number of nitrogens with one attached hydrogen (secondary N) is 1. The summed E-state index contributed by atoms with van der Waals surface area (Å²) in [6.07, 6.45) is 1.22. The lowest BCUT2D eigenvalue weighted by molar-refractivity contribution is 0.123. The van der Waals surface area contributed by atoms with E-state index in [1.165, 1.54) is 17.8 Å². The largest absolute Gasteiger partial charge is 0.379 e. The van der Waals surface area contributed by atoms with E-state index in [2.05, 4.69) is 53.4 Å². The second kappa shape index (κ2) is 6.02. The van der Waals surface area contributed by atoms with Crippen LogP contribution in [0.25, 0.3) is 0 Å². The maximum Gasteiger partial charge on any atom is 0.0642 e. The third kappa shape index (κ3) is 2.91. The van der Waals surface area contributed by atoms with Gasteiger partial charge >= 0.3 is 0 Å². The highest BCUT2D eigenvalue weighted by Gasteiger charge is 2.26. The number of morpholine rings is 1. The molecule has 4 nitrogen and oxygen atoms in total. The van der Waals surface area contributed by atoms with Gasteiger partial charge in [0, 0.05) is 31.7 Å². The van der Waals surface area contributed by atoms with Gasteiger partial charge in [0.25, 0.3) is 0 Å². The van der Waals surface area contributed by atoms with Gasteiger partial charge < -0.3 is 19.9 Å². The van der Waals surface area contributed by atoms with E-state index in [-0.39, 0.29) is 0 Å². The number of benzene rings is 1. The molecule has 0 bridgehead atoms. The summed E-state index contributed by atoms with van der Waals surface area (Å²) >= 11 is 0. The van der Waals surface area contributed by atoms with Gasteiger partial charge in [-0.15, -0.1) is 0 Å². The number of para-hydroxylation sites is 2. The lowest BCUT2D eigenvalue weighted by atomic mass is 10.1. The van der Waals surface area contributed by atoms with Crippen LogP contribution in [0.2, 0.25) is 0 Å². The Morgan fingerprint density at radius 3 is 2.65 bits per heavy atom. The van der Waals surface area contributed by atoms with Crippen molar-refractivity contribution < 1.29 is 4.74 Å². The minimum atomic E-state index is 0.553. The topological polar surface area (TPSA) is 27.7 Å². The number of hydrogen-bond acceptors (Lipinski definition) is 4. The summed E-state index contributed by atoms with van der Waals surface area (Å²) in [7, 11) is 2.21. The Bertz CT molecular complexity index is 435. The fourth-order valence-corrected chi connectivity index (χ4v) is 3.19. The lowest BCUT2D eigenvalue weighted by Crippen LogP contribution is -2.37. The summed E-state index contributed by atoms with van der Waals surface area (Å²) in [6, 6.07) is 9.89. The molecule has 2 unspecified atom stereocenters. The minimum Gasteiger partial charge on any atom is -0.379 e. The molecule has 0 amide bonds. The Balaban J connectivity index is 1.72. The zero-order chi connectivity index (χ0) is 13.9. The van der Waals surface area contributed by atoms with Crippen molar-refractivity contribution in [3.8, 4) is 0 Å². The molecule has 2 heterocycles. The molecule has 20 heavy (non-hydrogen) atoms. The van der Waals surface area contributed by atoms with Crippen molar-refractivity contribution in [3.63, 3.8) is 0 Å². The van der Waals surface area contributed by atoms with Crippen molar-refractivity contribution >= 4 is 11.4 Å². The van der Waals surface area contributed by atoms with Gasteiger partial charge in [-0.3, -0.25) is 0 Å². The van der Waals surface area contributed by atoms with Crippen LogP contribution in [0.3, 0.4) is 0 Å². The molecule has 1 aromatic rings. The molecule has 1 N–H and O–H groups in total. The normalized spacial score (nSPS) is 27.8. The third-order valence-corrected chi connectivity index (χ3v) is 4.50.